The number of carbonyl (C=O) groups is 1. The standard InChI is InChI=1S/C14H10BrIN2O2/c15-12-7-9(1-6-13(12)19)8-17-18-14(20)10-2-4-11(16)5-3-10/h1-8,19H,(H,18,20)/b17-8-. The maximum atomic E-state index is 11.8. The van der Waals surface area contributed by atoms with Crippen molar-refractivity contribution in [1.29, 1.82) is 0 Å². The Hall–Kier alpha value is -1.41. The molecule has 2 aromatic carbocycles. The zero-order valence-electron chi connectivity index (χ0n) is 10.2. The normalized spacial score (nSPS) is 10.7. The van der Waals surface area contributed by atoms with Gasteiger partial charge in [0.25, 0.3) is 5.91 Å². The van der Waals surface area contributed by atoms with Gasteiger partial charge in [-0.1, -0.05) is 0 Å². The summed E-state index contributed by atoms with van der Waals surface area (Å²) in [6.07, 6.45) is 1.51. The SMILES string of the molecule is O=C(N/N=C\c1ccc(O)c(Br)c1)c1ccc(I)cc1. The number of aromatic hydroxyl groups is 1. The quantitative estimate of drug-likeness (QED) is 0.432. The van der Waals surface area contributed by atoms with Gasteiger partial charge in [-0.15, -0.1) is 0 Å². The molecule has 0 heterocycles. The summed E-state index contributed by atoms with van der Waals surface area (Å²) in [4.78, 5) is 11.8. The minimum Gasteiger partial charge on any atom is -0.507 e. The van der Waals surface area contributed by atoms with E-state index in [1.54, 1.807) is 30.3 Å². The number of benzene rings is 2. The van der Waals surface area contributed by atoms with Crippen molar-refractivity contribution in [3.8, 4) is 5.75 Å². The first-order chi connectivity index (χ1) is 9.56. The summed E-state index contributed by atoms with van der Waals surface area (Å²) < 4.78 is 1.64. The molecule has 0 bridgehead atoms. The number of carbonyl (C=O) groups excluding carboxylic acids is 1. The van der Waals surface area contributed by atoms with Crippen LogP contribution in [0.15, 0.2) is 52.0 Å². The second-order valence-corrected chi connectivity index (χ2v) is 6.02. The van der Waals surface area contributed by atoms with Crippen LogP contribution in [0, 0.1) is 3.57 Å². The van der Waals surface area contributed by atoms with Crippen LogP contribution in [-0.2, 0) is 0 Å². The van der Waals surface area contributed by atoms with Gasteiger partial charge in [0.15, 0.2) is 0 Å². The summed E-state index contributed by atoms with van der Waals surface area (Å²) >= 11 is 5.39. The van der Waals surface area contributed by atoms with Gasteiger partial charge in [0.2, 0.25) is 0 Å². The first-order valence-corrected chi connectivity index (χ1v) is 7.51. The summed E-state index contributed by atoms with van der Waals surface area (Å²) in [6, 6.07) is 12.1. The third-order valence-corrected chi connectivity index (χ3v) is 3.81. The van der Waals surface area contributed by atoms with Gasteiger partial charge in [-0.2, -0.15) is 5.10 Å². The van der Waals surface area contributed by atoms with Crippen LogP contribution in [0.1, 0.15) is 15.9 Å². The molecule has 1 amide bonds. The summed E-state index contributed by atoms with van der Waals surface area (Å²) in [6.45, 7) is 0. The number of nitrogens with zero attached hydrogens (tertiary/aromatic N) is 1. The molecule has 4 nitrogen and oxygen atoms in total. The van der Waals surface area contributed by atoms with Crippen molar-refractivity contribution in [2.45, 2.75) is 0 Å². The van der Waals surface area contributed by atoms with E-state index in [9.17, 15) is 9.90 Å². The van der Waals surface area contributed by atoms with E-state index < -0.39 is 0 Å². The molecule has 2 rings (SSSR count). The van der Waals surface area contributed by atoms with Crippen molar-refractivity contribution in [3.63, 3.8) is 0 Å². The molecule has 0 aliphatic heterocycles. The Bertz CT molecular complexity index is 657. The Labute approximate surface area is 138 Å². The van der Waals surface area contributed by atoms with Crippen LogP contribution in [0.5, 0.6) is 5.75 Å². The Balaban J connectivity index is 2.00. The molecule has 0 aliphatic carbocycles. The fourth-order valence-electron chi connectivity index (χ4n) is 1.43. The third-order valence-electron chi connectivity index (χ3n) is 2.46. The van der Waals surface area contributed by atoms with E-state index in [2.05, 4.69) is 49.0 Å². The molecular weight excluding hydrogens is 435 g/mol. The molecule has 0 saturated carbocycles. The van der Waals surface area contributed by atoms with E-state index >= 15 is 0 Å². The van der Waals surface area contributed by atoms with Crippen LogP contribution in [0.25, 0.3) is 0 Å². The second-order valence-electron chi connectivity index (χ2n) is 3.92. The fourth-order valence-corrected chi connectivity index (χ4v) is 2.19. The number of hydrogen-bond acceptors (Lipinski definition) is 3. The maximum absolute atomic E-state index is 11.8. The Morgan fingerprint density at radius 3 is 2.60 bits per heavy atom. The van der Waals surface area contributed by atoms with Crippen LogP contribution in [0.2, 0.25) is 0 Å². The van der Waals surface area contributed by atoms with Gasteiger partial charge in [-0.3, -0.25) is 4.79 Å². The number of phenolic OH excluding ortho intramolecular Hbond substituents is 1. The van der Waals surface area contributed by atoms with Crippen LogP contribution < -0.4 is 5.43 Å². The lowest BCUT2D eigenvalue weighted by atomic mass is 10.2. The molecule has 2 aromatic rings. The van der Waals surface area contributed by atoms with Crippen molar-refractivity contribution < 1.29 is 9.90 Å². The van der Waals surface area contributed by atoms with Gasteiger partial charge >= 0.3 is 0 Å². The maximum Gasteiger partial charge on any atom is 0.271 e. The number of amides is 1. The Kier molecular flexibility index (Phi) is 5.13. The highest BCUT2D eigenvalue weighted by atomic mass is 127. The molecule has 0 spiro atoms. The molecule has 0 atom stereocenters. The first-order valence-electron chi connectivity index (χ1n) is 5.64. The topological polar surface area (TPSA) is 61.7 Å². The van der Waals surface area contributed by atoms with Gasteiger partial charge < -0.3 is 5.11 Å². The molecule has 102 valence electrons. The zero-order chi connectivity index (χ0) is 14.5. The lowest BCUT2D eigenvalue weighted by Gasteiger charge is -2.00. The fraction of sp³-hybridized carbons (Fsp3) is 0. The zero-order valence-corrected chi connectivity index (χ0v) is 13.9. The highest BCUT2D eigenvalue weighted by Gasteiger charge is 2.03. The molecule has 20 heavy (non-hydrogen) atoms. The van der Waals surface area contributed by atoms with Gasteiger partial charge in [-0.25, -0.2) is 5.43 Å². The van der Waals surface area contributed by atoms with Gasteiger partial charge in [-0.05, 0) is 86.5 Å². The average molecular weight is 445 g/mol. The number of nitrogens with one attached hydrogen (secondary N) is 1. The third kappa shape index (κ3) is 4.04. The number of phenols is 1. The number of halogens is 2. The van der Waals surface area contributed by atoms with Crippen LogP contribution >= 0.6 is 38.5 Å². The van der Waals surface area contributed by atoms with Gasteiger partial charge in [0.1, 0.15) is 5.75 Å². The molecule has 2 N–H and O–H groups in total. The highest BCUT2D eigenvalue weighted by Crippen LogP contribution is 2.23. The van der Waals surface area contributed by atoms with Crippen molar-refractivity contribution >= 4 is 50.6 Å². The van der Waals surface area contributed by atoms with Crippen molar-refractivity contribution in [3.05, 3.63) is 61.6 Å². The van der Waals surface area contributed by atoms with Crippen LogP contribution in [-0.4, -0.2) is 17.2 Å². The molecule has 0 unspecified atom stereocenters. The van der Waals surface area contributed by atoms with Crippen molar-refractivity contribution in [2.24, 2.45) is 5.10 Å². The largest absolute Gasteiger partial charge is 0.507 e. The van der Waals surface area contributed by atoms with Crippen LogP contribution in [0.3, 0.4) is 0 Å². The number of hydrogen-bond donors (Lipinski definition) is 2. The minimum absolute atomic E-state index is 0.157. The average Bonchev–Trinajstić information content (AvgIpc) is 2.43. The van der Waals surface area contributed by atoms with E-state index in [-0.39, 0.29) is 11.7 Å². The van der Waals surface area contributed by atoms with Crippen molar-refractivity contribution in [2.75, 3.05) is 0 Å². The Morgan fingerprint density at radius 2 is 1.95 bits per heavy atom. The molecule has 0 saturated heterocycles. The molecule has 0 fully saturated rings. The minimum atomic E-state index is -0.268. The summed E-state index contributed by atoms with van der Waals surface area (Å²) in [5.41, 5.74) is 3.76. The first kappa shape index (κ1) is 15.0. The molecule has 0 aliphatic rings. The van der Waals surface area contributed by atoms with E-state index in [1.165, 1.54) is 6.21 Å². The predicted molar refractivity (Wildman–Crippen MR) is 90.0 cm³/mol. The monoisotopic (exact) mass is 444 g/mol. The molecule has 0 aromatic heterocycles. The lowest BCUT2D eigenvalue weighted by molar-refractivity contribution is 0.0955. The van der Waals surface area contributed by atoms with E-state index in [0.717, 1.165) is 9.13 Å². The van der Waals surface area contributed by atoms with Crippen LogP contribution in [0.4, 0.5) is 0 Å². The summed E-state index contributed by atoms with van der Waals surface area (Å²) in [5, 5.41) is 13.2. The Morgan fingerprint density at radius 1 is 1.25 bits per heavy atom. The van der Waals surface area contributed by atoms with E-state index in [4.69, 9.17) is 0 Å². The highest BCUT2D eigenvalue weighted by molar-refractivity contribution is 14.1. The lowest BCUT2D eigenvalue weighted by Crippen LogP contribution is -2.17. The van der Waals surface area contributed by atoms with E-state index in [0.29, 0.717) is 10.0 Å². The van der Waals surface area contributed by atoms with Crippen molar-refractivity contribution in [1.82, 2.24) is 5.43 Å². The van der Waals surface area contributed by atoms with E-state index in [1.807, 2.05) is 12.1 Å². The smallest absolute Gasteiger partial charge is 0.271 e. The summed E-state index contributed by atoms with van der Waals surface area (Å²) in [7, 11) is 0. The van der Waals surface area contributed by atoms with Gasteiger partial charge in [0.05, 0.1) is 10.7 Å². The molecule has 6 heteroatoms. The number of rotatable bonds is 3. The molecular formula is C14H10BrIN2O2. The second kappa shape index (κ2) is 6.85. The summed E-state index contributed by atoms with van der Waals surface area (Å²) in [5.74, 6) is -0.111. The molecule has 0 radical (unpaired) electrons. The predicted octanol–water partition coefficient (Wildman–Crippen LogP) is 3.52. The number of hydrazone groups is 1. The van der Waals surface area contributed by atoms with Gasteiger partial charge in [0, 0.05) is 9.13 Å².